The van der Waals surface area contributed by atoms with Gasteiger partial charge in [-0.2, -0.15) is 0 Å². The Balaban J connectivity index is 1.49. The van der Waals surface area contributed by atoms with Gasteiger partial charge in [0.2, 0.25) is 0 Å². The number of rotatable bonds is 4. The van der Waals surface area contributed by atoms with E-state index in [2.05, 4.69) is 74.0 Å². The van der Waals surface area contributed by atoms with E-state index in [1.54, 1.807) is 29.9 Å². The van der Waals surface area contributed by atoms with Gasteiger partial charge in [-0.15, -0.1) is 11.3 Å². The molecule has 0 fully saturated rings. The number of nitrogens with zero attached hydrogens (tertiary/aromatic N) is 5. The Morgan fingerprint density at radius 1 is 0.969 bits per heavy atom. The molecule has 6 nitrogen and oxygen atoms in total. The van der Waals surface area contributed by atoms with Crippen LogP contribution < -0.4 is 0 Å². The highest BCUT2D eigenvalue weighted by Gasteiger charge is 2.18. The van der Waals surface area contributed by atoms with Gasteiger partial charge in [0.1, 0.15) is 17.2 Å². The van der Waals surface area contributed by atoms with E-state index in [0.29, 0.717) is 0 Å². The van der Waals surface area contributed by atoms with E-state index in [1.807, 2.05) is 23.7 Å². The lowest BCUT2D eigenvalue weighted by Crippen LogP contribution is -1.97. The summed E-state index contributed by atoms with van der Waals surface area (Å²) in [5.74, 6) is 0.831. The van der Waals surface area contributed by atoms with Crippen molar-refractivity contribution in [2.24, 2.45) is 0 Å². The monoisotopic (exact) mass is 434 g/mol. The van der Waals surface area contributed by atoms with Crippen molar-refractivity contribution in [2.45, 2.75) is 6.92 Å². The van der Waals surface area contributed by atoms with Gasteiger partial charge < -0.3 is 9.55 Å². The zero-order valence-electron chi connectivity index (χ0n) is 17.2. The molecule has 0 saturated heterocycles. The first-order valence-corrected chi connectivity index (χ1v) is 11.1. The van der Waals surface area contributed by atoms with Crippen LogP contribution in [0.3, 0.4) is 0 Å². The Bertz CT molecular complexity index is 1530. The van der Waals surface area contributed by atoms with Crippen LogP contribution in [0.1, 0.15) is 5.56 Å². The van der Waals surface area contributed by atoms with Gasteiger partial charge in [0.05, 0.1) is 22.5 Å². The SMILES string of the molecule is Cc1cc(-c2nc(-c3cccs3)[nH]c2-c2cnccn2)ccc1-n1ccc2cccnc21. The summed E-state index contributed by atoms with van der Waals surface area (Å²) in [6.07, 6.45) is 9.02. The molecule has 154 valence electrons. The molecule has 0 atom stereocenters. The minimum Gasteiger partial charge on any atom is -0.335 e. The van der Waals surface area contributed by atoms with E-state index in [-0.39, 0.29) is 0 Å². The van der Waals surface area contributed by atoms with Crippen LogP contribution in [0.5, 0.6) is 0 Å². The highest BCUT2D eigenvalue weighted by molar-refractivity contribution is 7.13. The molecule has 1 aromatic carbocycles. The summed E-state index contributed by atoms with van der Waals surface area (Å²) in [4.78, 5) is 22.8. The predicted molar refractivity (Wildman–Crippen MR) is 128 cm³/mol. The van der Waals surface area contributed by atoms with Gasteiger partial charge in [0, 0.05) is 41.4 Å². The fraction of sp³-hybridized carbons (Fsp3) is 0.0400. The highest BCUT2D eigenvalue weighted by atomic mass is 32.1. The van der Waals surface area contributed by atoms with Crippen LogP contribution in [0.2, 0.25) is 0 Å². The first-order valence-electron chi connectivity index (χ1n) is 10.2. The van der Waals surface area contributed by atoms with E-state index in [1.165, 1.54) is 0 Å². The molecule has 0 bridgehead atoms. The van der Waals surface area contributed by atoms with Crippen molar-refractivity contribution in [3.05, 3.63) is 90.5 Å². The second kappa shape index (κ2) is 7.55. The third kappa shape index (κ3) is 3.11. The second-order valence-corrected chi connectivity index (χ2v) is 8.43. The van der Waals surface area contributed by atoms with Gasteiger partial charge >= 0.3 is 0 Å². The van der Waals surface area contributed by atoms with E-state index in [4.69, 9.17) is 4.98 Å². The van der Waals surface area contributed by atoms with Crippen molar-refractivity contribution in [2.75, 3.05) is 0 Å². The Hall–Kier alpha value is -4.10. The standard InChI is InChI=1S/C25H18N6S/c1-16-14-18(6-7-20(16)31-12-8-17-4-2-9-28-25(17)31)22-23(19-15-26-10-11-27-19)30-24(29-22)21-5-3-13-32-21/h2-15H,1H3,(H,29,30). The van der Waals surface area contributed by atoms with Crippen molar-refractivity contribution in [1.29, 1.82) is 0 Å². The van der Waals surface area contributed by atoms with E-state index in [9.17, 15) is 0 Å². The fourth-order valence-corrected chi connectivity index (χ4v) is 4.63. The summed E-state index contributed by atoms with van der Waals surface area (Å²) in [5.41, 5.74) is 6.69. The summed E-state index contributed by atoms with van der Waals surface area (Å²) >= 11 is 1.65. The molecule has 0 aliphatic rings. The van der Waals surface area contributed by atoms with Gasteiger partial charge in [-0.1, -0.05) is 12.1 Å². The van der Waals surface area contributed by atoms with Crippen molar-refractivity contribution < 1.29 is 0 Å². The normalized spacial score (nSPS) is 11.3. The molecular formula is C25H18N6S. The summed E-state index contributed by atoms with van der Waals surface area (Å²) < 4.78 is 2.12. The predicted octanol–water partition coefficient (Wildman–Crippen LogP) is 5.91. The first kappa shape index (κ1) is 18.7. The molecule has 5 heterocycles. The Kier molecular flexibility index (Phi) is 4.40. The number of pyridine rings is 1. The number of fused-ring (bicyclic) bond motifs is 1. The minimum atomic E-state index is 0.764. The fourth-order valence-electron chi connectivity index (χ4n) is 3.96. The molecule has 7 heteroatoms. The summed E-state index contributed by atoms with van der Waals surface area (Å²) in [6, 6.07) is 16.6. The van der Waals surface area contributed by atoms with Gasteiger partial charge in [0.25, 0.3) is 0 Å². The van der Waals surface area contributed by atoms with Gasteiger partial charge in [-0.05, 0) is 54.3 Å². The van der Waals surface area contributed by atoms with E-state index in [0.717, 1.165) is 55.6 Å². The molecule has 0 radical (unpaired) electrons. The van der Waals surface area contributed by atoms with Crippen molar-refractivity contribution in [1.82, 2.24) is 29.5 Å². The Labute approximate surface area is 188 Å². The molecule has 0 saturated carbocycles. The van der Waals surface area contributed by atoms with Crippen LogP contribution in [0.25, 0.3) is 50.1 Å². The zero-order chi connectivity index (χ0) is 21.5. The van der Waals surface area contributed by atoms with Crippen LogP contribution in [-0.2, 0) is 0 Å². The maximum atomic E-state index is 4.95. The molecule has 6 aromatic rings. The maximum Gasteiger partial charge on any atom is 0.148 e. The van der Waals surface area contributed by atoms with Gasteiger partial charge in [0.15, 0.2) is 0 Å². The molecule has 0 spiro atoms. The van der Waals surface area contributed by atoms with Gasteiger partial charge in [-0.3, -0.25) is 9.97 Å². The third-order valence-corrected chi connectivity index (χ3v) is 6.33. The molecule has 0 aliphatic carbocycles. The largest absolute Gasteiger partial charge is 0.335 e. The van der Waals surface area contributed by atoms with Crippen LogP contribution in [0, 0.1) is 6.92 Å². The lowest BCUT2D eigenvalue weighted by molar-refractivity contribution is 1.07. The lowest BCUT2D eigenvalue weighted by Gasteiger charge is -2.11. The number of hydrogen-bond acceptors (Lipinski definition) is 5. The van der Waals surface area contributed by atoms with Crippen molar-refractivity contribution in [3.8, 4) is 39.0 Å². The molecule has 0 aliphatic heterocycles. The molecule has 6 rings (SSSR count). The van der Waals surface area contributed by atoms with Crippen LogP contribution in [0.15, 0.2) is 84.9 Å². The van der Waals surface area contributed by atoms with Crippen molar-refractivity contribution >= 4 is 22.4 Å². The van der Waals surface area contributed by atoms with Crippen LogP contribution in [0.4, 0.5) is 0 Å². The number of benzene rings is 1. The number of aromatic amines is 1. The number of hydrogen-bond donors (Lipinski definition) is 1. The average Bonchev–Trinajstić information content (AvgIpc) is 3.59. The first-order chi connectivity index (χ1) is 15.8. The highest BCUT2D eigenvalue weighted by Crippen LogP contribution is 2.34. The smallest absolute Gasteiger partial charge is 0.148 e. The average molecular weight is 435 g/mol. The van der Waals surface area contributed by atoms with Gasteiger partial charge in [-0.25, -0.2) is 9.97 Å². The molecule has 1 N–H and O–H groups in total. The third-order valence-electron chi connectivity index (χ3n) is 5.46. The Morgan fingerprint density at radius 2 is 1.94 bits per heavy atom. The summed E-state index contributed by atoms with van der Waals surface area (Å²) in [6.45, 7) is 2.11. The lowest BCUT2D eigenvalue weighted by atomic mass is 10.0. The molecule has 0 unspecified atom stereocenters. The second-order valence-electron chi connectivity index (χ2n) is 7.48. The van der Waals surface area contributed by atoms with E-state index < -0.39 is 0 Å². The molecule has 32 heavy (non-hydrogen) atoms. The van der Waals surface area contributed by atoms with Crippen molar-refractivity contribution in [3.63, 3.8) is 0 Å². The van der Waals surface area contributed by atoms with Crippen LogP contribution in [-0.4, -0.2) is 29.5 Å². The number of nitrogens with one attached hydrogen (secondary N) is 1. The zero-order valence-corrected chi connectivity index (χ0v) is 18.0. The number of aromatic nitrogens is 6. The Morgan fingerprint density at radius 3 is 2.75 bits per heavy atom. The molecule has 5 aromatic heterocycles. The number of H-pyrrole nitrogens is 1. The number of aryl methyl sites for hydroxylation is 1. The maximum absolute atomic E-state index is 4.95. The minimum absolute atomic E-state index is 0.764. The number of imidazole rings is 1. The summed E-state index contributed by atoms with van der Waals surface area (Å²) in [5, 5.41) is 3.17. The summed E-state index contributed by atoms with van der Waals surface area (Å²) in [7, 11) is 0. The number of thiophene rings is 1. The topological polar surface area (TPSA) is 72.3 Å². The van der Waals surface area contributed by atoms with Crippen LogP contribution >= 0.6 is 11.3 Å². The molecular weight excluding hydrogens is 416 g/mol. The quantitative estimate of drug-likeness (QED) is 0.374. The molecule has 0 amide bonds. The van der Waals surface area contributed by atoms with E-state index >= 15 is 0 Å².